The smallest absolute Gasteiger partial charge is 0.236 e. The Morgan fingerprint density at radius 1 is 1.21 bits per heavy atom. The molecule has 1 unspecified atom stereocenters. The van der Waals surface area contributed by atoms with Crippen LogP contribution in [0.1, 0.15) is 56.1 Å². The molecule has 29 heavy (non-hydrogen) atoms. The number of carbonyl (C=O) groups is 1. The van der Waals surface area contributed by atoms with Gasteiger partial charge in [0, 0.05) is 24.2 Å². The fourth-order valence-electron chi connectivity index (χ4n) is 4.57. The minimum atomic E-state index is -0.909. The number of hydrogen-bond donors (Lipinski definition) is 1. The molecule has 1 aliphatic heterocycles. The molecule has 1 saturated heterocycles. The van der Waals surface area contributed by atoms with Gasteiger partial charge in [-0.25, -0.2) is 0 Å². The van der Waals surface area contributed by atoms with Crippen LogP contribution >= 0.6 is 11.6 Å². The lowest BCUT2D eigenvalue weighted by Gasteiger charge is -2.29. The Kier molecular flexibility index (Phi) is 7.47. The normalized spacial score (nSPS) is 23.4. The van der Waals surface area contributed by atoms with Crippen molar-refractivity contribution in [3.63, 3.8) is 0 Å². The van der Waals surface area contributed by atoms with Crippen LogP contribution < -0.4 is 4.74 Å². The van der Waals surface area contributed by atoms with Crippen molar-refractivity contribution < 1.29 is 14.6 Å². The second-order valence-corrected chi connectivity index (χ2v) is 9.35. The lowest BCUT2D eigenvalue weighted by atomic mass is 9.96. The number of benzene rings is 1. The lowest BCUT2D eigenvalue weighted by molar-refractivity contribution is -0.132. The number of ether oxygens (including phenoxy) is 1. The number of rotatable bonds is 6. The Hall–Kier alpha value is -1.30. The molecule has 5 nitrogen and oxygen atoms in total. The zero-order chi connectivity index (χ0) is 21.0. The van der Waals surface area contributed by atoms with E-state index < -0.39 is 5.60 Å². The third-order valence-electron chi connectivity index (χ3n) is 6.52. The highest BCUT2D eigenvalue weighted by Gasteiger charge is 2.33. The molecule has 6 heteroatoms. The summed E-state index contributed by atoms with van der Waals surface area (Å²) in [4.78, 5) is 16.9. The van der Waals surface area contributed by atoms with Crippen LogP contribution in [0.5, 0.6) is 5.75 Å². The average Bonchev–Trinajstić information content (AvgIpc) is 3.15. The zero-order valence-electron chi connectivity index (χ0n) is 18.0. The molecule has 3 rings (SSSR count). The van der Waals surface area contributed by atoms with Gasteiger partial charge in [-0.15, -0.1) is 0 Å². The van der Waals surface area contributed by atoms with Crippen molar-refractivity contribution in [3.05, 3.63) is 28.3 Å². The van der Waals surface area contributed by atoms with Gasteiger partial charge in [0.1, 0.15) is 18.0 Å². The van der Waals surface area contributed by atoms with Gasteiger partial charge in [-0.3, -0.25) is 9.69 Å². The number of nitrogens with zero attached hydrogens (tertiary/aromatic N) is 2. The van der Waals surface area contributed by atoms with Crippen LogP contribution in [0.3, 0.4) is 0 Å². The molecule has 2 fully saturated rings. The van der Waals surface area contributed by atoms with Gasteiger partial charge in [0.25, 0.3) is 0 Å². The fraction of sp³-hybridized carbons (Fsp3) is 0.696. The lowest BCUT2D eigenvalue weighted by Crippen LogP contribution is -2.43. The van der Waals surface area contributed by atoms with Crippen molar-refractivity contribution in [2.75, 3.05) is 33.3 Å². The van der Waals surface area contributed by atoms with E-state index in [9.17, 15) is 9.90 Å². The maximum atomic E-state index is 12.8. The molecule has 1 N–H and O–H groups in total. The summed E-state index contributed by atoms with van der Waals surface area (Å²) in [5, 5.41) is 11.8. The molecular weight excluding hydrogens is 388 g/mol. The number of likely N-dealkylation sites (N-methyl/N-ethyl adjacent to an activating group) is 1. The van der Waals surface area contributed by atoms with E-state index in [-0.39, 0.29) is 12.5 Å². The number of amides is 1. The summed E-state index contributed by atoms with van der Waals surface area (Å²) in [6.45, 7) is 5.90. The van der Waals surface area contributed by atoms with Crippen LogP contribution in [-0.4, -0.2) is 65.7 Å². The SMILES string of the molecule is Cc1cc(OCC2(O)CCCN(C(=O)CN(C)C3CCCC3)CC2)cc(C)c1Cl. The Morgan fingerprint density at radius 3 is 2.52 bits per heavy atom. The minimum Gasteiger partial charge on any atom is -0.491 e. The second kappa shape index (κ2) is 9.67. The first-order valence-corrected chi connectivity index (χ1v) is 11.3. The molecule has 1 saturated carbocycles. The van der Waals surface area contributed by atoms with Crippen molar-refractivity contribution in [1.29, 1.82) is 0 Å². The van der Waals surface area contributed by atoms with Gasteiger partial charge < -0.3 is 14.7 Å². The molecule has 1 aromatic rings. The highest BCUT2D eigenvalue weighted by molar-refractivity contribution is 6.32. The summed E-state index contributed by atoms with van der Waals surface area (Å²) in [6.07, 6.45) is 6.91. The molecule has 0 spiro atoms. The maximum absolute atomic E-state index is 12.8. The molecule has 1 amide bonds. The Labute approximate surface area is 180 Å². The zero-order valence-corrected chi connectivity index (χ0v) is 18.8. The third kappa shape index (κ3) is 5.87. The van der Waals surface area contributed by atoms with E-state index in [0.29, 0.717) is 38.5 Å². The van der Waals surface area contributed by atoms with Gasteiger partial charge in [0.2, 0.25) is 5.91 Å². The monoisotopic (exact) mass is 422 g/mol. The highest BCUT2D eigenvalue weighted by atomic mass is 35.5. The molecule has 1 heterocycles. The number of carbonyl (C=O) groups excluding carboxylic acids is 1. The number of halogens is 1. The molecule has 1 aromatic carbocycles. The van der Waals surface area contributed by atoms with Gasteiger partial charge in [0.15, 0.2) is 0 Å². The van der Waals surface area contributed by atoms with E-state index in [1.807, 2.05) is 30.9 Å². The molecule has 0 radical (unpaired) electrons. The summed E-state index contributed by atoms with van der Waals surface area (Å²) < 4.78 is 5.93. The van der Waals surface area contributed by atoms with E-state index >= 15 is 0 Å². The topological polar surface area (TPSA) is 53.0 Å². The molecule has 1 atom stereocenters. The van der Waals surface area contributed by atoms with Crippen LogP contribution in [-0.2, 0) is 4.79 Å². The summed E-state index contributed by atoms with van der Waals surface area (Å²) in [5.41, 5.74) is 1.03. The maximum Gasteiger partial charge on any atom is 0.236 e. The first kappa shape index (κ1) is 22.4. The molecule has 162 valence electrons. The first-order chi connectivity index (χ1) is 13.8. The predicted octanol–water partition coefficient (Wildman–Crippen LogP) is 3.95. The molecule has 0 bridgehead atoms. The van der Waals surface area contributed by atoms with E-state index in [1.54, 1.807) is 0 Å². The summed E-state index contributed by atoms with van der Waals surface area (Å²) >= 11 is 6.22. The van der Waals surface area contributed by atoms with E-state index in [0.717, 1.165) is 28.3 Å². The Balaban J connectivity index is 1.52. The Bertz CT molecular complexity index is 697. The fourth-order valence-corrected chi connectivity index (χ4v) is 4.68. The molecule has 1 aliphatic carbocycles. The average molecular weight is 423 g/mol. The van der Waals surface area contributed by atoms with E-state index in [1.165, 1.54) is 25.7 Å². The summed E-state index contributed by atoms with van der Waals surface area (Å²) in [7, 11) is 2.06. The van der Waals surface area contributed by atoms with Crippen LogP contribution in [0, 0.1) is 13.8 Å². The van der Waals surface area contributed by atoms with Gasteiger partial charge >= 0.3 is 0 Å². The van der Waals surface area contributed by atoms with Crippen LogP contribution in [0.25, 0.3) is 0 Å². The number of aliphatic hydroxyl groups is 1. The van der Waals surface area contributed by atoms with Crippen molar-refractivity contribution in [1.82, 2.24) is 9.80 Å². The van der Waals surface area contributed by atoms with Gasteiger partial charge in [-0.2, -0.15) is 0 Å². The number of likely N-dealkylation sites (tertiary alicyclic amines) is 1. The standard InChI is InChI=1S/C23H35ClN2O3/c1-17-13-20(14-18(2)22(17)24)29-16-23(28)9-6-11-26(12-10-23)21(27)15-25(3)19-7-4-5-8-19/h13-14,19,28H,4-12,15-16H2,1-3H3. The summed E-state index contributed by atoms with van der Waals surface area (Å²) in [5.74, 6) is 0.904. The molecule has 2 aliphatic rings. The van der Waals surface area contributed by atoms with E-state index in [2.05, 4.69) is 11.9 Å². The third-order valence-corrected chi connectivity index (χ3v) is 7.12. The van der Waals surface area contributed by atoms with Crippen LogP contribution in [0.15, 0.2) is 12.1 Å². The van der Waals surface area contributed by atoms with Crippen LogP contribution in [0.4, 0.5) is 0 Å². The predicted molar refractivity (Wildman–Crippen MR) is 117 cm³/mol. The van der Waals surface area contributed by atoms with Crippen LogP contribution in [0.2, 0.25) is 5.02 Å². The first-order valence-electron chi connectivity index (χ1n) is 10.9. The van der Waals surface area contributed by atoms with E-state index in [4.69, 9.17) is 16.3 Å². The van der Waals surface area contributed by atoms with Gasteiger partial charge in [-0.05, 0) is 76.3 Å². The van der Waals surface area contributed by atoms with Gasteiger partial charge in [-0.1, -0.05) is 24.4 Å². The number of aryl methyl sites for hydroxylation is 2. The quantitative estimate of drug-likeness (QED) is 0.754. The number of hydrogen-bond acceptors (Lipinski definition) is 4. The van der Waals surface area contributed by atoms with Crippen molar-refractivity contribution in [2.45, 2.75) is 70.4 Å². The van der Waals surface area contributed by atoms with Crippen molar-refractivity contribution >= 4 is 17.5 Å². The highest BCUT2D eigenvalue weighted by Crippen LogP contribution is 2.29. The minimum absolute atomic E-state index is 0.175. The largest absolute Gasteiger partial charge is 0.491 e. The second-order valence-electron chi connectivity index (χ2n) is 8.97. The summed E-state index contributed by atoms with van der Waals surface area (Å²) in [6, 6.07) is 4.36. The molecule has 0 aromatic heterocycles. The Morgan fingerprint density at radius 2 is 1.86 bits per heavy atom. The van der Waals surface area contributed by atoms with Crippen molar-refractivity contribution in [3.8, 4) is 5.75 Å². The molecular formula is C23H35ClN2O3. The van der Waals surface area contributed by atoms with Crippen molar-refractivity contribution in [2.24, 2.45) is 0 Å². The van der Waals surface area contributed by atoms with Gasteiger partial charge in [0.05, 0.1) is 6.54 Å².